The second-order valence-corrected chi connectivity index (χ2v) is 20.1. The van der Waals surface area contributed by atoms with Gasteiger partial charge < -0.3 is 14.3 Å². The maximum absolute atomic E-state index is 11.7. The third-order valence-corrected chi connectivity index (χ3v) is 13.0. The first-order valence-corrected chi connectivity index (χ1v) is 30.7. The molecule has 2 aromatic carbocycles. The van der Waals surface area contributed by atoms with Crippen LogP contribution in [0.2, 0.25) is 6.55 Å². The van der Waals surface area contributed by atoms with Crippen molar-refractivity contribution < 1.29 is 23.9 Å². The van der Waals surface area contributed by atoms with Crippen LogP contribution in [0.25, 0.3) is 0 Å². The van der Waals surface area contributed by atoms with Crippen molar-refractivity contribution in [2.45, 2.75) is 285 Å². The summed E-state index contributed by atoms with van der Waals surface area (Å²) in [5.41, 5.74) is 3.65. The summed E-state index contributed by atoms with van der Waals surface area (Å²) in [7, 11) is -0.583. The number of ether oxygens (including phenoxy) is 2. The second kappa shape index (κ2) is 52.0. The van der Waals surface area contributed by atoms with Crippen molar-refractivity contribution in [1.29, 1.82) is 0 Å². The molecule has 7 fully saturated rings. The van der Waals surface area contributed by atoms with Gasteiger partial charge in [-0.1, -0.05) is 290 Å². The Kier molecular flexibility index (Phi) is 49.8. The number of carbonyl (C=O) groups is 2. The van der Waals surface area contributed by atoms with Crippen LogP contribution in [-0.2, 0) is 15.9 Å². The smallest absolute Gasteiger partial charge is 0.411 e. The van der Waals surface area contributed by atoms with Gasteiger partial charge in [0, 0.05) is 11.4 Å². The molecule has 68 heavy (non-hydrogen) atoms. The normalized spacial score (nSPS) is 17.2. The zero-order valence-electron chi connectivity index (χ0n) is 44.1. The second-order valence-electron chi connectivity index (χ2n) is 19.5. The third-order valence-electron chi connectivity index (χ3n) is 13.0. The molecule has 7 aliphatic carbocycles. The van der Waals surface area contributed by atoms with Gasteiger partial charge in [0.15, 0.2) is 9.76 Å². The molecule has 2 aromatic rings. The van der Waals surface area contributed by atoms with Gasteiger partial charge in [-0.25, -0.2) is 9.59 Å². The molecule has 0 aliphatic heterocycles. The number of rotatable bonds is 10. The van der Waals surface area contributed by atoms with Crippen molar-refractivity contribution in [3.05, 3.63) is 59.7 Å². The quantitative estimate of drug-likeness (QED) is 0.163. The fourth-order valence-electron chi connectivity index (χ4n) is 8.76. The first kappa shape index (κ1) is 65.2. The van der Waals surface area contributed by atoms with Crippen molar-refractivity contribution in [2.75, 3.05) is 23.8 Å². The fraction of sp³-hybridized carbons (Fsp3) is 0.767. The summed E-state index contributed by atoms with van der Waals surface area (Å²) in [5.74, 6) is 0. The van der Waals surface area contributed by atoms with E-state index in [2.05, 4.69) is 10.6 Å². The number of anilines is 2. The van der Waals surface area contributed by atoms with E-state index in [0.717, 1.165) is 43.2 Å². The highest BCUT2D eigenvalue weighted by atomic mass is 28.2. The Balaban J connectivity index is 0.000000908. The number of hydrogen-bond donors (Lipinski definition) is 3. The summed E-state index contributed by atoms with van der Waals surface area (Å²) in [4.78, 5) is 31.1. The first-order valence-electron chi connectivity index (χ1n) is 28.7. The van der Waals surface area contributed by atoms with Gasteiger partial charge in [-0.05, 0) is 54.7 Å². The number of nitrogens with one attached hydrogen (secondary N) is 2. The highest BCUT2D eigenvalue weighted by molar-refractivity contribution is 6.22. The van der Waals surface area contributed by atoms with E-state index in [9.17, 15) is 9.59 Å². The standard InChI is InChI=1S/C23H30N2O4.7C5H10.CH6OSi.CH4/c1-3-5-15-28-22(26)24-20-11-7-18(8-12-20)17-19-9-13-21(14-10-19)25-23(27)29-16-6-4-2;7*1-2-4-5-3-1;1-3-2;/h7-14H,3-6,15-17H2,1-2H3,(H,24,26)(H,25,27);7*1-5H2;2H,3H2,1H3;1H4. The van der Waals surface area contributed by atoms with Crippen LogP contribution in [-0.4, -0.2) is 40.0 Å². The van der Waals surface area contributed by atoms with Crippen molar-refractivity contribution >= 4 is 33.3 Å². The average Bonchev–Trinajstić information content (AvgIpc) is 4.21. The summed E-state index contributed by atoms with van der Waals surface area (Å²) in [6.07, 6.45) is 56.1. The van der Waals surface area contributed by atoms with Crippen molar-refractivity contribution in [2.24, 2.45) is 0 Å². The summed E-state index contributed by atoms with van der Waals surface area (Å²) >= 11 is 0. The Bertz CT molecular complexity index is 1100. The predicted octanol–water partition coefficient (Wildman–Crippen LogP) is 19.4. The minimum Gasteiger partial charge on any atom is -0.449 e. The van der Waals surface area contributed by atoms with Gasteiger partial charge in [0.1, 0.15) is 0 Å². The lowest BCUT2D eigenvalue weighted by Gasteiger charge is -2.09. The van der Waals surface area contributed by atoms with Crippen LogP contribution in [0, 0.1) is 0 Å². The zero-order chi connectivity index (χ0) is 48.4. The summed E-state index contributed by atoms with van der Waals surface area (Å²) in [6.45, 7) is 6.78. The van der Waals surface area contributed by atoms with E-state index in [4.69, 9.17) is 14.3 Å². The molecule has 9 rings (SSSR count). The zero-order valence-corrected chi connectivity index (χ0v) is 45.5. The van der Waals surface area contributed by atoms with Gasteiger partial charge >= 0.3 is 12.2 Å². The van der Waals surface area contributed by atoms with E-state index in [1.165, 1.54) is 225 Å². The third kappa shape index (κ3) is 44.4. The monoisotopic (exact) mass is 967 g/mol. The molecule has 0 saturated heterocycles. The minimum absolute atomic E-state index is 0. The predicted molar refractivity (Wildman–Crippen MR) is 300 cm³/mol. The SMILES string of the molecule is C.C1CCCC1.C1CCCC1.C1CCCC1.C1CCCC1.C1CCCC1.C1CCCC1.C1CCCC1.CCCCOC(=O)Nc1ccc(Cc2ccc(NC(=O)OCCCC)cc2)cc1.C[SiH2]O. The van der Waals surface area contributed by atoms with E-state index in [1.54, 1.807) is 0 Å². The maximum Gasteiger partial charge on any atom is 0.411 e. The largest absolute Gasteiger partial charge is 0.449 e. The van der Waals surface area contributed by atoms with Crippen LogP contribution in [0.15, 0.2) is 48.5 Å². The lowest BCUT2D eigenvalue weighted by atomic mass is 10.0. The minimum atomic E-state index is -0.583. The average molecular weight is 968 g/mol. The van der Waals surface area contributed by atoms with Gasteiger partial charge in [0.2, 0.25) is 0 Å². The number of unbranched alkanes of at least 4 members (excludes halogenated alkanes) is 2. The van der Waals surface area contributed by atoms with E-state index in [0.29, 0.717) is 24.6 Å². The Hall–Kier alpha value is -2.84. The molecule has 7 aliphatic rings. The maximum atomic E-state index is 11.7. The number of benzene rings is 2. The Morgan fingerprint density at radius 2 is 0.588 bits per heavy atom. The van der Waals surface area contributed by atoms with Gasteiger partial charge in [-0.2, -0.15) is 0 Å². The van der Waals surface area contributed by atoms with Crippen molar-refractivity contribution in [3.63, 3.8) is 0 Å². The Morgan fingerprint density at radius 3 is 0.750 bits per heavy atom. The molecule has 0 bridgehead atoms. The number of hydrogen-bond acceptors (Lipinski definition) is 5. The van der Waals surface area contributed by atoms with Crippen LogP contribution in [0.1, 0.15) is 283 Å². The molecule has 0 unspecified atom stereocenters. The van der Waals surface area contributed by atoms with Crippen LogP contribution >= 0.6 is 0 Å². The molecule has 0 radical (unpaired) electrons. The Labute approximate surface area is 423 Å². The summed E-state index contributed by atoms with van der Waals surface area (Å²) in [6, 6.07) is 15.3. The van der Waals surface area contributed by atoms with E-state index < -0.39 is 21.9 Å². The van der Waals surface area contributed by atoms with Crippen LogP contribution in [0.5, 0.6) is 0 Å². The fourth-order valence-corrected chi connectivity index (χ4v) is 8.76. The topological polar surface area (TPSA) is 96.9 Å². The van der Waals surface area contributed by atoms with Crippen LogP contribution in [0.3, 0.4) is 0 Å². The molecule has 0 heterocycles. The van der Waals surface area contributed by atoms with Gasteiger partial charge in [0.25, 0.3) is 0 Å². The molecule has 7 nitrogen and oxygen atoms in total. The molecule has 3 N–H and O–H groups in total. The van der Waals surface area contributed by atoms with Gasteiger partial charge in [-0.15, -0.1) is 0 Å². The van der Waals surface area contributed by atoms with Crippen molar-refractivity contribution in [3.8, 4) is 0 Å². The highest BCUT2D eigenvalue weighted by Crippen LogP contribution is 2.20. The number of carbonyl (C=O) groups excluding carboxylic acids is 2. The van der Waals surface area contributed by atoms with Crippen LogP contribution in [0.4, 0.5) is 21.0 Å². The molecular formula is C60H110N2O5Si. The van der Waals surface area contributed by atoms with Crippen LogP contribution < -0.4 is 10.6 Å². The first-order chi connectivity index (χ1) is 33.0. The Morgan fingerprint density at radius 1 is 0.412 bits per heavy atom. The molecule has 8 heteroatoms. The molecule has 0 atom stereocenters. The highest BCUT2D eigenvalue weighted by Gasteiger charge is 2.06. The lowest BCUT2D eigenvalue weighted by molar-refractivity contribution is 0.159. The van der Waals surface area contributed by atoms with E-state index in [1.807, 2.05) is 68.9 Å². The van der Waals surface area contributed by atoms with Gasteiger partial charge in [-0.3, -0.25) is 10.6 Å². The number of amides is 2. The van der Waals surface area contributed by atoms with E-state index in [-0.39, 0.29) is 7.43 Å². The molecule has 2 amide bonds. The molecule has 394 valence electrons. The summed E-state index contributed by atoms with van der Waals surface area (Å²) in [5, 5.41) is 5.44. The molecule has 0 aromatic heterocycles. The van der Waals surface area contributed by atoms with Gasteiger partial charge in [0.05, 0.1) is 13.2 Å². The molecule has 0 spiro atoms. The molecule has 7 saturated carbocycles. The van der Waals surface area contributed by atoms with Crippen molar-refractivity contribution in [1.82, 2.24) is 0 Å². The van der Waals surface area contributed by atoms with E-state index >= 15 is 0 Å². The lowest BCUT2D eigenvalue weighted by Crippen LogP contribution is -2.14. The summed E-state index contributed by atoms with van der Waals surface area (Å²) < 4.78 is 10.2. The molecular weight excluding hydrogens is 857 g/mol.